The van der Waals surface area contributed by atoms with Crippen molar-refractivity contribution in [3.05, 3.63) is 60.8 Å². The van der Waals surface area contributed by atoms with Gasteiger partial charge in [-0.15, -0.1) is 0 Å². The van der Waals surface area contributed by atoms with Crippen LogP contribution in [0.15, 0.2) is 60.8 Å². The van der Waals surface area contributed by atoms with Gasteiger partial charge in [-0.3, -0.25) is 4.98 Å². The zero-order valence-electron chi connectivity index (χ0n) is 12.5. The summed E-state index contributed by atoms with van der Waals surface area (Å²) in [5.41, 5.74) is 4.80. The van der Waals surface area contributed by atoms with Crippen LogP contribution in [-0.4, -0.2) is 31.2 Å². The van der Waals surface area contributed by atoms with Crippen molar-refractivity contribution >= 4 is 16.6 Å². The van der Waals surface area contributed by atoms with Gasteiger partial charge in [-0.25, -0.2) is 0 Å². The van der Waals surface area contributed by atoms with Gasteiger partial charge in [0.2, 0.25) is 0 Å². The summed E-state index contributed by atoms with van der Waals surface area (Å²) in [4.78, 5) is 6.98. The van der Waals surface area contributed by atoms with Crippen molar-refractivity contribution in [2.24, 2.45) is 0 Å². The Morgan fingerprint density at radius 3 is 2.45 bits per heavy atom. The van der Waals surface area contributed by atoms with Crippen molar-refractivity contribution in [3.8, 4) is 11.1 Å². The second-order valence-corrected chi connectivity index (χ2v) is 5.66. The van der Waals surface area contributed by atoms with Crippen LogP contribution < -0.4 is 10.2 Å². The van der Waals surface area contributed by atoms with E-state index in [0.717, 1.165) is 31.7 Å². The predicted molar refractivity (Wildman–Crippen MR) is 92.3 cm³/mol. The first-order chi connectivity index (χ1) is 10.9. The third-order valence-electron chi connectivity index (χ3n) is 4.29. The molecule has 22 heavy (non-hydrogen) atoms. The largest absolute Gasteiger partial charge is 0.369 e. The summed E-state index contributed by atoms with van der Waals surface area (Å²) in [6.45, 7) is 4.29. The highest BCUT2D eigenvalue weighted by Gasteiger charge is 2.11. The molecule has 3 aromatic rings. The summed E-state index contributed by atoms with van der Waals surface area (Å²) in [5.74, 6) is 0. The Morgan fingerprint density at radius 2 is 1.64 bits per heavy atom. The molecule has 0 unspecified atom stereocenters. The fourth-order valence-electron chi connectivity index (χ4n) is 3.11. The van der Waals surface area contributed by atoms with Gasteiger partial charge in [0.05, 0.1) is 5.52 Å². The van der Waals surface area contributed by atoms with E-state index in [-0.39, 0.29) is 0 Å². The third-order valence-corrected chi connectivity index (χ3v) is 4.29. The zero-order chi connectivity index (χ0) is 14.8. The van der Waals surface area contributed by atoms with E-state index < -0.39 is 0 Å². The van der Waals surface area contributed by atoms with Gasteiger partial charge in [-0.1, -0.05) is 36.4 Å². The van der Waals surface area contributed by atoms with Crippen LogP contribution >= 0.6 is 0 Å². The first kappa shape index (κ1) is 13.3. The number of aromatic nitrogens is 1. The topological polar surface area (TPSA) is 28.2 Å². The Morgan fingerprint density at radius 1 is 0.864 bits per heavy atom. The SMILES string of the molecule is c1cnc2c(-c3ccc(N4CCNCC4)cc3)cccc2c1. The van der Waals surface area contributed by atoms with E-state index in [0.29, 0.717) is 0 Å². The van der Waals surface area contributed by atoms with Gasteiger partial charge in [0.15, 0.2) is 0 Å². The molecule has 1 fully saturated rings. The number of rotatable bonds is 2. The van der Waals surface area contributed by atoms with E-state index in [1.807, 2.05) is 12.3 Å². The summed E-state index contributed by atoms with van der Waals surface area (Å²) >= 11 is 0. The molecule has 4 rings (SSSR count). The minimum atomic E-state index is 1.06. The minimum absolute atomic E-state index is 1.06. The maximum Gasteiger partial charge on any atom is 0.0780 e. The van der Waals surface area contributed by atoms with E-state index >= 15 is 0 Å². The molecule has 0 radical (unpaired) electrons. The van der Waals surface area contributed by atoms with Crippen molar-refractivity contribution in [1.82, 2.24) is 10.3 Å². The number of fused-ring (bicyclic) bond motifs is 1. The number of piperazine rings is 1. The van der Waals surface area contributed by atoms with Crippen LogP contribution in [0.2, 0.25) is 0 Å². The zero-order valence-corrected chi connectivity index (χ0v) is 12.5. The Hall–Kier alpha value is -2.39. The van der Waals surface area contributed by atoms with E-state index in [1.54, 1.807) is 0 Å². The summed E-state index contributed by atoms with van der Waals surface area (Å²) in [5, 5.41) is 4.58. The van der Waals surface area contributed by atoms with Crippen LogP contribution in [-0.2, 0) is 0 Å². The van der Waals surface area contributed by atoms with Crippen LogP contribution in [0.3, 0.4) is 0 Å². The number of anilines is 1. The predicted octanol–water partition coefficient (Wildman–Crippen LogP) is 3.31. The van der Waals surface area contributed by atoms with Crippen LogP contribution in [0.25, 0.3) is 22.0 Å². The molecule has 1 N–H and O–H groups in total. The molecule has 110 valence electrons. The van der Waals surface area contributed by atoms with Crippen molar-refractivity contribution in [2.45, 2.75) is 0 Å². The fraction of sp³-hybridized carbons (Fsp3) is 0.211. The molecule has 0 spiro atoms. The molecule has 0 bridgehead atoms. The lowest BCUT2D eigenvalue weighted by atomic mass is 10.0. The second kappa shape index (κ2) is 5.78. The first-order valence-corrected chi connectivity index (χ1v) is 7.82. The van der Waals surface area contributed by atoms with Gasteiger partial charge in [0.25, 0.3) is 0 Å². The van der Waals surface area contributed by atoms with Gasteiger partial charge in [0.1, 0.15) is 0 Å². The molecule has 0 amide bonds. The number of nitrogens with zero attached hydrogens (tertiary/aromatic N) is 2. The lowest BCUT2D eigenvalue weighted by Crippen LogP contribution is -2.43. The monoisotopic (exact) mass is 289 g/mol. The quantitative estimate of drug-likeness (QED) is 0.784. The fourth-order valence-corrected chi connectivity index (χ4v) is 3.11. The summed E-state index contributed by atoms with van der Waals surface area (Å²) in [7, 11) is 0. The molecule has 2 heterocycles. The van der Waals surface area contributed by atoms with Gasteiger partial charge < -0.3 is 10.2 Å². The molecule has 1 saturated heterocycles. The molecule has 0 atom stereocenters. The average molecular weight is 289 g/mol. The number of para-hydroxylation sites is 1. The van der Waals surface area contributed by atoms with Crippen LogP contribution in [0.1, 0.15) is 0 Å². The first-order valence-electron chi connectivity index (χ1n) is 7.82. The Kier molecular flexibility index (Phi) is 3.49. The number of pyridine rings is 1. The summed E-state index contributed by atoms with van der Waals surface area (Å²) < 4.78 is 0. The molecule has 3 nitrogen and oxygen atoms in total. The molecule has 3 heteroatoms. The van der Waals surface area contributed by atoms with Crippen molar-refractivity contribution in [3.63, 3.8) is 0 Å². The molecule has 1 aromatic heterocycles. The molecule has 1 aliphatic heterocycles. The van der Waals surface area contributed by atoms with Gasteiger partial charge in [-0.05, 0) is 23.8 Å². The number of hydrogen-bond acceptors (Lipinski definition) is 3. The molecule has 0 aliphatic carbocycles. The minimum Gasteiger partial charge on any atom is -0.369 e. The number of benzene rings is 2. The third kappa shape index (κ3) is 2.44. The smallest absolute Gasteiger partial charge is 0.0780 e. The lowest BCUT2D eigenvalue weighted by Gasteiger charge is -2.29. The standard InChI is InChI=1S/C19H19N3/c1-3-16-4-2-10-21-19(16)18(5-1)15-6-8-17(9-7-15)22-13-11-20-12-14-22/h1-10,20H,11-14H2. The van der Waals surface area contributed by atoms with Crippen molar-refractivity contribution in [2.75, 3.05) is 31.1 Å². The van der Waals surface area contributed by atoms with Gasteiger partial charge in [-0.2, -0.15) is 0 Å². The summed E-state index contributed by atoms with van der Waals surface area (Å²) in [6, 6.07) is 19.3. The van der Waals surface area contributed by atoms with Crippen LogP contribution in [0, 0.1) is 0 Å². The van der Waals surface area contributed by atoms with E-state index in [1.165, 1.54) is 22.2 Å². The number of nitrogens with one attached hydrogen (secondary N) is 1. The highest BCUT2D eigenvalue weighted by atomic mass is 15.2. The Balaban J connectivity index is 1.70. The van der Waals surface area contributed by atoms with Crippen LogP contribution in [0.4, 0.5) is 5.69 Å². The molecule has 0 saturated carbocycles. The van der Waals surface area contributed by atoms with Gasteiger partial charge >= 0.3 is 0 Å². The second-order valence-electron chi connectivity index (χ2n) is 5.66. The van der Waals surface area contributed by atoms with Gasteiger partial charge in [0, 0.05) is 49.0 Å². The maximum absolute atomic E-state index is 4.55. The normalized spacial score (nSPS) is 15.2. The highest BCUT2D eigenvalue weighted by Crippen LogP contribution is 2.28. The average Bonchev–Trinajstić information content (AvgIpc) is 2.62. The lowest BCUT2D eigenvalue weighted by molar-refractivity contribution is 0.589. The Bertz CT molecular complexity index is 769. The van der Waals surface area contributed by atoms with E-state index in [9.17, 15) is 0 Å². The van der Waals surface area contributed by atoms with Crippen molar-refractivity contribution < 1.29 is 0 Å². The highest BCUT2D eigenvalue weighted by molar-refractivity contribution is 5.93. The van der Waals surface area contributed by atoms with Crippen molar-refractivity contribution in [1.29, 1.82) is 0 Å². The molecular formula is C19H19N3. The Labute approximate surface area is 130 Å². The summed E-state index contributed by atoms with van der Waals surface area (Å²) in [6.07, 6.45) is 1.86. The molecular weight excluding hydrogens is 270 g/mol. The van der Waals surface area contributed by atoms with E-state index in [4.69, 9.17) is 0 Å². The maximum atomic E-state index is 4.55. The number of hydrogen-bond donors (Lipinski definition) is 1. The van der Waals surface area contributed by atoms with Crippen LogP contribution in [0.5, 0.6) is 0 Å². The van der Waals surface area contributed by atoms with E-state index in [2.05, 4.69) is 63.7 Å². The molecule has 1 aliphatic rings. The molecule has 2 aromatic carbocycles.